The van der Waals surface area contributed by atoms with E-state index in [0.29, 0.717) is 23.9 Å². The molecule has 1 N–H and O–H groups in total. The molecule has 4 nitrogen and oxygen atoms in total. The molecule has 0 spiro atoms. The summed E-state index contributed by atoms with van der Waals surface area (Å²) >= 11 is 0. The minimum atomic E-state index is -0.484. The van der Waals surface area contributed by atoms with Gasteiger partial charge in [0.1, 0.15) is 5.82 Å². The van der Waals surface area contributed by atoms with Gasteiger partial charge in [0.15, 0.2) is 0 Å². The molecular weight excluding hydrogens is 235 g/mol. The van der Waals surface area contributed by atoms with Crippen molar-refractivity contribution in [1.82, 2.24) is 5.32 Å². The lowest BCUT2D eigenvalue weighted by Gasteiger charge is -2.16. The molecule has 0 saturated carbocycles. The Kier molecular flexibility index (Phi) is 5.22. The molecule has 1 atom stereocenters. The number of halogens is 1. The number of hydrogen-bond donors (Lipinski definition) is 1. The first kappa shape index (κ1) is 14.6. The van der Waals surface area contributed by atoms with Gasteiger partial charge in [-0.05, 0) is 30.5 Å². The number of nitrogens with zero attached hydrogens (tertiary/aromatic N) is 1. The number of nitro benzene ring substituents is 1. The van der Waals surface area contributed by atoms with Crippen LogP contribution in [0.4, 0.5) is 10.1 Å². The smallest absolute Gasteiger partial charge is 0.274 e. The van der Waals surface area contributed by atoms with Crippen LogP contribution < -0.4 is 5.32 Å². The molecule has 0 amide bonds. The maximum absolute atomic E-state index is 13.1. The number of nitrogens with one attached hydrogen (secondary N) is 1. The fourth-order valence-corrected chi connectivity index (χ4v) is 1.54. The first-order chi connectivity index (χ1) is 8.41. The Bertz CT molecular complexity index is 421. The normalized spacial score (nSPS) is 12.7. The summed E-state index contributed by atoms with van der Waals surface area (Å²) in [6.07, 6.45) is 0. The van der Waals surface area contributed by atoms with Crippen molar-refractivity contribution in [2.75, 3.05) is 6.54 Å². The van der Waals surface area contributed by atoms with Crippen molar-refractivity contribution >= 4 is 5.69 Å². The Morgan fingerprint density at radius 2 is 2.06 bits per heavy atom. The predicted octanol–water partition coefficient (Wildman–Crippen LogP) is 3.12. The van der Waals surface area contributed by atoms with Crippen molar-refractivity contribution in [3.63, 3.8) is 0 Å². The van der Waals surface area contributed by atoms with Gasteiger partial charge in [-0.2, -0.15) is 0 Å². The van der Waals surface area contributed by atoms with Gasteiger partial charge in [-0.15, -0.1) is 0 Å². The zero-order valence-electron chi connectivity index (χ0n) is 10.9. The van der Waals surface area contributed by atoms with Crippen molar-refractivity contribution < 1.29 is 9.31 Å². The van der Waals surface area contributed by atoms with Crippen LogP contribution in [0.3, 0.4) is 0 Å². The van der Waals surface area contributed by atoms with Gasteiger partial charge in [-0.3, -0.25) is 10.1 Å². The van der Waals surface area contributed by atoms with Gasteiger partial charge in [-0.1, -0.05) is 20.8 Å². The third-order valence-corrected chi connectivity index (χ3v) is 3.16. The molecule has 0 aliphatic rings. The van der Waals surface area contributed by atoms with E-state index >= 15 is 0 Å². The van der Waals surface area contributed by atoms with E-state index in [0.717, 1.165) is 12.6 Å². The lowest BCUT2D eigenvalue weighted by atomic mass is 9.98. The highest BCUT2D eigenvalue weighted by Crippen LogP contribution is 2.19. The minimum absolute atomic E-state index is 0.0406. The number of hydrogen-bond acceptors (Lipinski definition) is 3. The van der Waals surface area contributed by atoms with Crippen LogP contribution in [0.5, 0.6) is 0 Å². The molecule has 1 unspecified atom stereocenters. The topological polar surface area (TPSA) is 55.2 Å². The second kappa shape index (κ2) is 6.44. The summed E-state index contributed by atoms with van der Waals surface area (Å²) in [6.45, 7) is 7.42. The minimum Gasteiger partial charge on any atom is -0.312 e. The van der Waals surface area contributed by atoms with Crippen LogP contribution in [-0.4, -0.2) is 11.5 Å². The zero-order chi connectivity index (χ0) is 13.7. The molecule has 0 saturated heterocycles. The molecule has 0 heterocycles. The van der Waals surface area contributed by atoms with E-state index < -0.39 is 10.7 Å². The summed E-state index contributed by atoms with van der Waals surface area (Å²) in [6, 6.07) is 3.53. The van der Waals surface area contributed by atoms with Crippen LogP contribution >= 0.6 is 0 Å². The van der Waals surface area contributed by atoms with Crippen LogP contribution in [0.15, 0.2) is 18.2 Å². The Balaban J connectivity index is 2.66. The van der Waals surface area contributed by atoms with Crippen molar-refractivity contribution in [2.45, 2.75) is 27.3 Å². The quantitative estimate of drug-likeness (QED) is 0.627. The largest absolute Gasteiger partial charge is 0.312 e. The maximum Gasteiger partial charge on any atom is 0.274 e. The molecule has 1 aromatic carbocycles. The lowest BCUT2D eigenvalue weighted by Crippen LogP contribution is -2.24. The Labute approximate surface area is 106 Å². The molecule has 0 aliphatic heterocycles. The molecule has 100 valence electrons. The molecule has 0 fully saturated rings. The Hall–Kier alpha value is -1.49. The fourth-order valence-electron chi connectivity index (χ4n) is 1.54. The zero-order valence-corrected chi connectivity index (χ0v) is 10.9. The maximum atomic E-state index is 13.1. The molecule has 18 heavy (non-hydrogen) atoms. The predicted molar refractivity (Wildman–Crippen MR) is 68.8 cm³/mol. The highest BCUT2D eigenvalue weighted by atomic mass is 19.1. The van der Waals surface area contributed by atoms with Crippen molar-refractivity contribution in [1.29, 1.82) is 0 Å². The van der Waals surface area contributed by atoms with Crippen LogP contribution in [0.25, 0.3) is 0 Å². The first-order valence-electron chi connectivity index (χ1n) is 6.05. The van der Waals surface area contributed by atoms with Gasteiger partial charge in [-0.25, -0.2) is 4.39 Å². The monoisotopic (exact) mass is 254 g/mol. The van der Waals surface area contributed by atoms with Gasteiger partial charge in [0, 0.05) is 18.2 Å². The van der Waals surface area contributed by atoms with Gasteiger partial charge in [0.2, 0.25) is 0 Å². The van der Waals surface area contributed by atoms with E-state index in [9.17, 15) is 14.5 Å². The first-order valence-corrected chi connectivity index (χ1v) is 6.05. The molecule has 0 radical (unpaired) electrons. The summed E-state index contributed by atoms with van der Waals surface area (Å²) < 4.78 is 13.1. The van der Waals surface area contributed by atoms with Crippen LogP contribution in [-0.2, 0) is 6.54 Å². The Morgan fingerprint density at radius 1 is 1.39 bits per heavy atom. The van der Waals surface area contributed by atoms with E-state index in [1.54, 1.807) is 0 Å². The van der Waals surface area contributed by atoms with Gasteiger partial charge < -0.3 is 5.32 Å². The number of rotatable bonds is 6. The molecule has 5 heteroatoms. The van der Waals surface area contributed by atoms with E-state index in [1.165, 1.54) is 12.1 Å². The summed E-state index contributed by atoms with van der Waals surface area (Å²) in [7, 11) is 0. The summed E-state index contributed by atoms with van der Waals surface area (Å²) in [5, 5.41) is 13.9. The molecular formula is C13H19FN2O2. The van der Waals surface area contributed by atoms with E-state index in [-0.39, 0.29) is 5.69 Å². The van der Waals surface area contributed by atoms with Crippen LogP contribution in [0.2, 0.25) is 0 Å². The average molecular weight is 254 g/mol. The fraction of sp³-hybridized carbons (Fsp3) is 0.538. The standard InChI is InChI=1S/C13H19FN2O2/c1-9(2)10(3)7-15-8-11-6-12(14)4-5-13(11)16(17)18/h4-6,9-10,15H,7-8H2,1-3H3. The highest BCUT2D eigenvalue weighted by molar-refractivity contribution is 5.40. The lowest BCUT2D eigenvalue weighted by molar-refractivity contribution is -0.385. The van der Waals surface area contributed by atoms with Crippen molar-refractivity contribution in [3.8, 4) is 0 Å². The van der Waals surface area contributed by atoms with E-state index in [4.69, 9.17) is 0 Å². The molecule has 0 aromatic heterocycles. The van der Waals surface area contributed by atoms with Crippen molar-refractivity contribution in [3.05, 3.63) is 39.7 Å². The van der Waals surface area contributed by atoms with Crippen LogP contribution in [0, 0.1) is 27.8 Å². The third-order valence-electron chi connectivity index (χ3n) is 3.16. The van der Waals surface area contributed by atoms with Crippen molar-refractivity contribution in [2.24, 2.45) is 11.8 Å². The van der Waals surface area contributed by atoms with Gasteiger partial charge >= 0.3 is 0 Å². The average Bonchev–Trinajstić information content (AvgIpc) is 2.28. The molecule has 1 aromatic rings. The molecule has 1 rings (SSSR count). The summed E-state index contributed by atoms with van der Waals surface area (Å²) in [5.74, 6) is 0.562. The van der Waals surface area contributed by atoms with Gasteiger partial charge in [0.05, 0.1) is 4.92 Å². The van der Waals surface area contributed by atoms with Gasteiger partial charge in [0.25, 0.3) is 5.69 Å². The Morgan fingerprint density at radius 3 is 2.61 bits per heavy atom. The SMILES string of the molecule is CC(C)C(C)CNCc1cc(F)ccc1[N+](=O)[O-]. The summed E-state index contributed by atoms with van der Waals surface area (Å²) in [4.78, 5) is 10.3. The summed E-state index contributed by atoms with van der Waals surface area (Å²) in [5.41, 5.74) is 0.344. The van der Waals surface area contributed by atoms with E-state index in [2.05, 4.69) is 26.1 Å². The molecule has 0 aliphatic carbocycles. The van der Waals surface area contributed by atoms with E-state index in [1.807, 2.05) is 0 Å². The number of nitro groups is 1. The third kappa shape index (κ3) is 4.07. The van der Waals surface area contributed by atoms with Crippen LogP contribution in [0.1, 0.15) is 26.3 Å². The number of benzene rings is 1. The molecule has 0 bridgehead atoms. The second-order valence-corrected chi connectivity index (χ2v) is 4.88. The second-order valence-electron chi connectivity index (χ2n) is 4.88. The highest BCUT2D eigenvalue weighted by Gasteiger charge is 2.14.